The van der Waals surface area contributed by atoms with Crippen molar-refractivity contribution >= 4 is 35.1 Å². The Morgan fingerprint density at radius 1 is 1.25 bits per heavy atom. The van der Waals surface area contributed by atoms with Crippen LogP contribution in [0.5, 0.6) is 11.5 Å². The van der Waals surface area contributed by atoms with Gasteiger partial charge in [-0.15, -0.1) is 0 Å². The van der Waals surface area contributed by atoms with Gasteiger partial charge >= 0.3 is 0 Å². The largest absolute Gasteiger partial charge is 0.490 e. The highest BCUT2D eigenvalue weighted by Crippen LogP contribution is 2.36. The first-order chi connectivity index (χ1) is 11.6. The number of benzene rings is 1. The molecule has 0 fully saturated rings. The Labute approximate surface area is 154 Å². The van der Waals surface area contributed by atoms with Crippen LogP contribution < -0.4 is 20.2 Å². The molecule has 1 aromatic rings. The second-order valence-electron chi connectivity index (χ2n) is 5.09. The molecule has 0 unspecified atom stereocenters. The van der Waals surface area contributed by atoms with Crippen molar-refractivity contribution in [3.05, 3.63) is 22.7 Å². The molecule has 0 radical (unpaired) electrons. The molecule has 0 aliphatic heterocycles. The third kappa shape index (κ3) is 7.36. The molecule has 2 N–H and O–H groups in total. The van der Waals surface area contributed by atoms with E-state index in [0.717, 1.165) is 31.4 Å². The second kappa shape index (κ2) is 11.9. The molecule has 1 aromatic carbocycles. The highest BCUT2D eigenvalue weighted by Gasteiger charge is 2.11. The Bertz CT molecular complexity index is 553. The Morgan fingerprint density at radius 3 is 2.71 bits per heavy atom. The number of nitrogens with zero attached hydrogens (tertiary/aromatic N) is 1. The monoisotopic (exact) mass is 371 g/mol. The van der Waals surface area contributed by atoms with Crippen LogP contribution >= 0.6 is 23.8 Å². The van der Waals surface area contributed by atoms with Crippen LogP contribution in [0.15, 0.2) is 17.2 Å². The molecule has 0 saturated carbocycles. The normalized spacial score (nSPS) is 10.7. The first-order valence-electron chi connectivity index (χ1n) is 8.28. The summed E-state index contributed by atoms with van der Waals surface area (Å²) in [6.45, 7) is 8.04. The van der Waals surface area contributed by atoms with Gasteiger partial charge in [-0.1, -0.05) is 31.9 Å². The second-order valence-corrected chi connectivity index (χ2v) is 5.91. The number of thiocarbonyl (C=S) groups is 1. The average molecular weight is 372 g/mol. The zero-order valence-electron chi connectivity index (χ0n) is 14.5. The summed E-state index contributed by atoms with van der Waals surface area (Å²) in [5.41, 5.74) is 3.59. The van der Waals surface area contributed by atoms with Crippen LogP contribution in [0.3, 0.4) is 0 Å². The lowest BCUT2D eigenvalue weighted by Gasteiger charge is -2.13. The number of rotatable bonds is 10. The highest BCUT2D eigenvalue weighted by atomic mass is 35.5. The minimum atomic E-state index is 0.499. The smallest absolute Gasteiger partial charge is 0.186 e. The van der Waals surface area contributed by atoms with E-state index in [4.69, 9.17) is 33.3 Å². The number of hydrogen-bond acceptors (Lipinski definition) is 4. The summed E-state index contributed by atoms with van der Waals surface area (Å²) in [7, 11) is 0. The zero-order valence-corrected chi connectivity index (χ0v) is 16.1. The van der Waals surface area contributed by atoms with Crippen LogP contribution in [0, 0.1) is 0 Å². The van der Waals surface area contributed by atoms with Gasteiger partial charge in [-0.2, -0.15) is 5.10 Å². The molecular weight excluding hydrogens is 346 g/mol. The molecule has 0 atom stereocenters. The molecule has 0 amide bonds. The van der Waals surface area contributed by atoms with Crippen molar-refractivity contribution in [1.29, 1.82) is 0 Å². The summed E-state index contributed by atoms with van der Waals surface area (Å²) in [5, 5.41) is 8.20. The Balaban J connectivity index is 2.74. The predicted octanol–water partition coefficient (Wildman–Crippen LogP) is 4.13. The molecule has 0 aliphatic carbocycles. The van der Waals surface area contributed by atoms with Crippen molar-refractivity contribution in [2.75, 3.05) is 19.8 Å². The minimum absolute atomic E-state index is 0.499. The molecule has 5 nitrogen and oxygen atoms in total. The zero-order chi connectivity index (χ0) is 17.8. The van der Waals surface area contributed by atoms with Gasteiger partial charge in [0.05, 0.1) is 24.5 Å². The van der Waals surface area contributed by atoms with Crippen molar-refractivity contribution in [2.24, 2.45) is 5.10 Å². The van der Waals surface area contributed by atoms with E-state index in [1.165, 1.54) is 0 Å². The van der Waals surface area contributed by atoms with Crippen molar-refractivity contribution < 1.29 is 9.47 Å². The quantitative estimate of drug-likeness (QED) is 0.280. The van der Waals surface area contributed by atoms with Gasteiger partial charge < -0.3 is 14.8 Å². The van der Waals surface area contributed by atoms with Gasteiger partial charge in [0.1, 0.15) is 0 Å². The van der Waals surface area contributed by atoms with E-state index < -0.39 is 0 Å². The lowest BCUT2D eigenvalue weighted by Crippen LogP contribution is -2.32. The van der Waals surface area contributed by atoms with Crippen LogP contribution in [-0.4, -0.2) is 31.1 Å². The lowest BCUT2D eigenvalue weighted by atomic mass is 10.2. The van der Waals surface area contributed by atoms with Crippen molar-refractivity contribution in [3.8, 4) is 11.5 Å². The molecule has 24 heavy (non-hydrogen) atoms. The number of hydrazone groups is 1. The first-order valence-corrected chi connectivity index (χ1v) is 9.06. The Morgan fingerprint density at radius 2 is 2.04 bits per heavy atom. The van der Waals surface area contributed by atoms with Gasteiger partial charge in [0.15, 0.2) is 16.6 Å². The first kappa shape index (κ1) is 20.5. The fraction of sp³-hybridized carbons (Fsp3) is 0.529. The van der Waals surface area contributed by atoms with Crippen molar-refractivity contribution in [3.63, 3.8) is 0 Å². The summed E-state index contributed by atoms with van der Waals surface area (Å²) >= 11 is 11.4. The summed E-state index contributed by atoms with van der Waals surface area (Å²) in [6.07, 6.45) is 4.73. The molecule has 0 heterocycles. The Kier molecular flexibility index (Phi) is 10.2. The van der Waals surface area contributed by atoms with E-state index in [1.807, 2.05) is 19.9 Å². The number of hydrogen-bond donors (Lipinski definition) is 2. The predicted molar refractivity (Wildman–Crippen MR) is 105 cm³/mol. The van der Waals surface area contributed by atoms with E-state index in [1.54, 1.807) is 12.3 Å². The minimum Gasteiger partial charge on any atom is -0.490 e. The van der Waals surface area contributed by atoms with E-state index >= 15 is 0 Å². The molecule has 1 rings (SSSR count). The van der Waals surface area contributed by atoms with Crippen LogP contribution in [-0.2, 0) is 0 Å². The molecule has 7 heteroatoms. The van der Waals surface area contributed by atoms with Gasteiger partial charge in [-0.25, -0.2) is 0 Å². The van der Waals surface area contributed by atoms with E-state index in [0.29, 0.717) is 34.8 Å². The molecule has 0 saturated heterocycles. The van der Waals surface area contributed by atoms with Gasteiger partial charge in [-0.3, -0.25) is 5.43 Å². The molecule has 0 aliphatic rings. The maximum absolute atomic E-state index is 6.31. The maximum Gasteiger partial charge on any atom is 0.186 e. The third-order valence-corrected chi connectivity index (χ3v) is 3.49. The van der Waals surface area contributed by atoms with Crippen LogP contribution in [0.2, 0.25) is 5.02 Å². The van der Waals surface area contributed by atoms with E-state index in [-0.39, 0.29) is 0 Å². The lowest BCUT2D eigenvalue weighted by molar-refractivity contribution is 0.277. The maximum atomic E-state index is 6.31. The van der Waals surface area contributed by atoms with Gasteiger partial charge in [0.25, 0.3) is 0 Å². The van der Waals surface area contributed by atoms with E-state index in [2.05, 4.69) is 22.8 Å². The Hall–Kier alpha value is -1.53. The highest BCUT2D eigenvalue weighted by molar-refractivity contribution is 7.80. The third-order valence-electron chi connectivity index (χ3n) is 2.98. The molecular formula is C17H26ClN3O2S. The van der Waals surface area contributed by atoms with Crippen molar-refractivity contribution in [2.45, 2.75) is 40.0 Å². The summed E-state index contributed by atoms with van der Waals surface area (Å²) in [4.78, 5) is 0. The number of ether oxygens (including phenoxy) is 2. The van der Waals surface area contributed by atoms with Gasteiger partial charge in [0.2, 0.25) is 0 Å². The van der Waals surface area contributed by atoms with Crippen LogP contribution in [0.25, 0.3) is 0 Å². The SMILES string of the molecule is CCCCNC(=S)N/N=C\c1cc(Cl)c(OCCC)c(OCC)c1. The van der Waals surface area contributed by atoms with Crippen LogP contribution in [0.1, 0.15) is 45.6 Å². The van der Waals surface area contributed by atoms with Crippen molar-refractivity contribution in [1.82, 2.24) is 10.7 Å². The number of nitrogens with one attached hydrogen (secondary N) is 2. The number of halogens is 1. The topological polar surface area (TPSA) is 54.9 Å². The fourth-order valence-corrected chi connectivity index (χ4v) is 2.28. The standard InChI is InChI=1S/C17H26ClN3O2S/c1-4-7-8-19-17(24)21-20-12-13-10-14(18)16(23-9-5-2)15(11-13)22-6-3/h10-12H,4-9H2,1-3H3,(H2,19,21,24)/b20-12-. The fourth-order valence-electron chi connectivity index (χ4n) is 1.85. The van der Waals surface area contributed by atoms with E-state index in [9.17, 15) is 0 Å². The average Bonchev–Trinajstić information content (AvgIpc) is 2.55. The summed E-state index contributed by atoms with van der Waals surface area (Å²) in [6, 6.07) is 3.63. The summed E-state index contributed by atoms with van der Waals surface area (Å²) in [5.74, 6) is 1.19. The molecule has 134 valence electrons. The molecule has 0 bridgehead atoms. The van der Waals surface area contributed by atoms with Crippen LogP contribution in [0.4, 0.5) is 0 Å². The molecule has 0 spiro atoms. The summed E-state index contributed by atoms with van der Waals surface area (Å²) < 4.78 is 11.3. The number of unbranched alkanes of at least 4 members (excludes halogenated alkanes) is 1. The molecule has 0 aromatic heterocycles. The van der Waals surface area contributed by atoms with Gasteiger partial charge in [0, 0.05) is 6.54 Å². The van der Waals surface area contributed by atoms with Gasteiger partial charge in [-0.05, 0) is 49.7 Å².